The molecule has 1 atom stereocenters. The van der Waals surface area contributed by atoms with Gasteiger partial charge in [-0.25, -0.2) is 4.79 Å². The summed E-state index contributed by atoms with van der Waals surface area (Å²) in [6.45, 7) is 3.50. The van der Waals surface area contributed by atoms with Gasteiger partial charge >= 0.3 is 6.16 Å². The lowest BCUT2D eigenvalue weighted by molar-refractivity contribution is -0.707. The van der Waals surface area contributed by atoms with Gasteiger partial charge in [0.2, 0.25) is 5.28 Å². The number of hydrazine groups is 1. The van der Waals surface area contributed by atoms with Gasteiger partial charge < -0.3 is 19.8 Å². The van der Waals surface area contributed by atoms with Crippen LogP contribution in [0.1, 0.15) is 20.3 Å². The van der Waals surface area contributed by atoms with Crippen molar-refractivity contribution in [3.63, 3.8) is 0 Å². The third-order valence-electron chi connectivity index (χ3n) is 1.72. The molecular weight excluding hydrogens is 246 g/mol. The van der Waals surface area contributed by atoms with Gasteiger partial charge in [0.15, 0.2) is 0 Å². The number of nitrogens with zero attached hydrogens (tertiary/aromatic N) is 3. The first kappa shape index (κ1) is 16.2. The maximum atomic E-state index is 11.3. The minimum Gasteiger partial charge on any atom is -0.569 e. The van der Waals surface area contributed by atoms with Gasteiger partial charge in [-0.1, -0.05) is 0 Å². The topological polar surface area (TPSA) is 107 Å². The standard InChI is InChI=1S/C9H19N3O6/c1-4-16-9(14)17-8(2)18-10-12(15)11(3)6-5-7-13/h8,13H,4-7H2,1-3H3/b12-10-. The highest BCUT2D eigenvalue weighted by Gasteiger charge is 2.13. The summed E-state index contributed by atoms with van der Waals surface area (Å²) in [6, 6.07) is 0. The van der Waals surface area contributed by atoms with E-state index in [0.717, 1.165) is 0 Å². The molecule has 0 rings (SSSR count). The van der Waals surface area contributed by atoms with Crippen LogP contribution in [0.15, 0.2) is 5.28 Å². The van der Waals surface area contributed by atoms with Crippen molar-refractivity contribution in [2.75, 3.05) is 26.8 Å². The van der Waals surface area contributed by atoms with E-state index in [4.69, 9.17) is 5.11 Å². The van der Waals surface area contributed by atoms with Crippen molar-refractivity contribution in [1.29, 1.82) is 0 Å². The molecule has 106 valence electrons. The van der Waals surface area contributed by atoms with Crippen molar-refractivity contribution in [2.45, 2.75) is 26.6 Å². The summed E-state index contributed by atoms with van der Waals surface area (Å²) < 4.78 is 9.11. The Morgan fingerprint density at radius 2 is 2.28 bits per heavy atom. The van der Waals surface area contributed by atoms with Crippen LogP contribution in [0.2, 0.25) is 0 Å². The Hall–Kier alpha value is -1.77. The molecule has 0 aromatic heterocycles. The number of aliphatic hydroxyl groups is 1. The molecule has 0 heterocycles. The second kappa shape index (κ2) is 9.28. The molecule has 0 amide bonds. The lowest BCUT2D eigenvalue weighted by Gasteiger charge is -2.13. The first-order valence-corrected chi connectivity index (χ1v) is 5.50. The fraction of sp³-hybridized carbons (Fsp3) is 0.889. The van der Waals surface area contributed by atoms with Crippen LogP contribution in [0.25, 0.3) is 0 Å². The minimum atomic E-state index is -1.04. The average Bonchev–Trinajstić information content (AvgIpc) is 2.33. The van der Waals surface area contributed by atoms with E-state index in [1.165, 1.54) is 19.0 Å². The van der Waals surface area contributed by atoms with Crippen LogP contribution in [0.4, 0.5) is 4.79 Å². The minimum absolute atomic E-state index is 0.0264. The predicted molar refractivity (Wildman–Crippen MR) is 59.0 cm³/mol. The van der Waals surface area contributed by atoms with Gasteiger partial charge in [-0.15, -0.1) is 5.01 Å². The first-order valence-electron chi connectivity index (χ1n) is 5.50. The second-order valence-corrected chi connectivity index (χ2v) is 3.27. The number of carbonyl (C=O) groups excluding carboxylic acids is 1. The molecule has 9 heteroatoms. The summed E-state index contributed by atoms with van der Waals surface area (Å²) in [6.07, 6.45) is -1.50. The highest BCUT2D eigenvalue weighted by atomic mass is 16.8. The fourth-order valence-corrected chi connectivity index (χ4v) is 0.863. The molecule has 0 aliphatic carbocycles. The van der Waals surface area contributed by atoms with Gasteiger partial charge in [0.05, 0.1) is 25.2 Å². The molecule has 1 N–H and O–H groups in total. The molecule has 0 radical (unpaired) electrons. The zero-order valence-corrected chi connectivity index (χ0v) is 10.7. The maximum Gasteiger partial charge on any atom is 0.511 e. The number of hydrogen-bond donors (Lipinski definition) is 1. The largest absolute Gasteiger partial charge is 0.569 e. The third kappa shape index (κ3) is 7.49. The zero-order chi connectivity index (χ0) is 14.0. The highest BCUT2D eigenvalue weighted by Crippen LogP contribution is 1.98. The summed E-state index contributed by atoms with van der Waals surface area (Å²) in [5.74, 6) is 0. The quantitative estimate of drug-likeness (QED) is 0.225. The monoisotopic (exact) mass is 265 g/mol. The molecule has 0 aliphatic rings. The van der Waals surface area contributed by atoms with Crippen LogP contribution in [-0.4, -0.2) is 54.3 Å². The van der Waals surface area contributed by atoms with E-state index in [0.29, 0.717) is 13.0 Å². The van der Waals surface area contributed by atoms with Crippen molar-refractivity contribution in [1.82, 2.24) is 5.01 Å². The lowest BCUT2D eigenvalue weighted by Crippen LogP contribution is -2.28. The summed E-state index contributed by atoms with van der Waals surface area (Å²) in [5, 5.41) is 24.2. The molecule has 0 saturated heterocycles. The van der Waals surface area contributed by atoms with Crippen molar-refractivity contribution < 1.29 is 29.2 Å². The van der Waals surface area contributed by atoms with Crippen LogP contribution in [0.5, 0.6) is 0 Å². The Bertz CT molecular complexity index is 273. The van der Waals surface area contributed by atoms with Gasteiger partial charge in [-0.2, -0.15) is 0 Å². The normalized spacial score (nSPS) is 12.8. The van der Waals surface area contributed by atoms with Crippen LogP contribution < -0.4 is 0 Å². The van der Waals surface area contributed by atoms with Crippen LogP contribution in [0.3, 0.4) is 0 Å². The Balaban J connectivity index is 3.99. The van der Waals surface area contributed by atoms with E-state index in [1.54, 1.807) is 6.92 Å². The molecule has 0 spiro atoms. The Kier molecular flexibility index (Phi) is 8.37. The Morgan fingerprint density at radius 3 is 2.83 bits per heavy atom. The van der Waals surface area contributed by atoms with E-state index < -0.39 is 12.4 Å². The van der Waals surface area contributed by atoms with Crippen molar-refractivity contribution in [3.05, 3.63) is 5.21 Å². The molecule has 0 bridgehead atoms. The smallest absolute Gasteiger partial charge is 0.511 e. The molecule has 0 fully saturated rings. The number of ether oxygens (including phenoxy) is 2. The van der Waals surface area contributed by atoms with Crippen molar-refractivity contribution >= 4 is 6.16 Å². The van der Waals surface area contributed by atoms with Crippen LogP contribution >= 0.6 is 0 Å². The van der Waals surface area contributed by atoms with Crippen LogP contribution in [0, 0.1) is 5.21 Å². The molecule has 0 aliphatic heterocycles. The molecule has 0 aromatic rings. The van der Waals surface area contributed by atoms with Gasteiger partial charge in [0, 0.05) is 13.5 Å². The zero-order valence-electron chi connectivity index (χ0n) is 10.7. The molecule has 18 heavy (non-hydrogen) atoms. The van der Waals surface area contributed by atoms with E-state index in [1.807, 2.05) is 0 Å². The van der Waals surface area contributed by atoms with Gasteiger partial charge in [-0.05, 0) is 13.3 Å². The number of aliphatic hydroxyl groups excluding tert-OH is 1. The molecule has 1 unspecified atom stereocenters. The SMILES string of the molecule is CCOC(=O)OC(C)O/N=[N+](\[O-])N(C)CCCO. The highest BCUT2D eigenvalue weighted by molar-refractivity contribution is 5.59. The molecule has 0 aromatic carbocycles. The Labute approximate surface area is 105 Å². The summed E-state index contributed by atoms with van der Waals surface area (Å²) in [4.78, 5) is 15.7. The van der Waals surface area contributed by atoms with E-state index in [2.05, 4.69) is 19.6 Å². The van der Waals surface area contributed by atoms with Gasteiger partial charge in [0.25, 0.3) is 6.29 Å². The Morgan fingerprint density at radius 1 is 1.61 bits per heavy atom. The second-order valence-electron chi connectivity index (χ2n) is 3.27. The maximum absolute atomic E-state index is 11.3. The van der Waals surface area contributed by atoms with Crippen molar-refractivity contribution in [3.8, 4) is 0 Å². The predicted octanol–water partition coefficient (Wildman–Crippen LogP) is 0.629. The first-order chi connectivity index (χ1) is 8.51. The molecule has 0 saturated carbocycles. The average molecular weight is 265 g/mol. The van der Waals surface area contributed by atoms with Gasteiger partial charge in [-0.3, -0.25) is 4.84 Å². The number of hydrogen-bond acceptors (Lipinski definition) is 7. The number of carbonyl (C=O) groups is 1. The summed E-state index contributed by atoms with van der Waals surface area (Å²) in [7, 11) is 1.48. The fourth-order valence-electron chi connectivity index (χ4n) is 0.863. The van der Waals surface area contributed by atoms with Gasteiger partial charge in [0.1, 0.15) is 0 Å². The lowest BCUT2D eigenvalue weighted by atomic mass is 10.4. The van der Waals surface area contributed by atoms with Crippen LogP contribution in [-0.2, 0) is 14.3 Å². The van der Waals surface area contributed by atoms with E-state index in [9.17, 15) is 10.0 Å². The summed E-state index contributed by atoms with van der Waals surface area (Å²) in [5.41, 5.74) is 0. The summed E-state index contributed by atoms with van der Waals surface area (Å²) >= 11 is 0. The van der Waals surface area contributed by atoms with E-state index >= 15 is 0 Å². The molecular formula is C9H19N3O6. The molecule has 9 nitrogen and oxygen atoms in total. The van der Waals surface area contributed by atoms with E-state index in [-0.39, 0.29) is 18.2 Å². The van der Waals surface area contributed by atoms with Crippen molar-refractivity contribution in [2.24, 2.45) is 5.28 Å². The number of rotatable bonds is 8. The third-order valence-corrected chi connectivity index (χ3v) is 1.72.